The van der Waals surface area contributed by atoms with Gasteiger partial charge in [-0.15, -0.1) is 22.7 Å². The second kappa shape index (κ2) is 6.96. The van der Waals surface area contributed by atoms with Crippen molar-refractivity contribution < 1.29 is 14.3 Å². The van der Waals surface area contributed by atoms with Gasteiger partial charge in [0.1, 0.15) is 0 Å². The van der Waals surface area contributed by atoms with Crippen molar-refractivity contribution in [2.24, 2.45) is 0 Å². The second-order valence-corrected chi connectivity index (χ2v) is 6.13. The molecule has 2 aromatic heterocycles. The summed E-state index contributed by atoms with van der Waals surface area (Å²) in [5.41, 5.74) is 0. The Hall–Kier alpha value is -1.01. The van der Waals surface area contributed by atoms with Crippen molar-refractivity contribution in [1.29, 1.82) is 0 Å². The lowest BCUT2D eigenvalue weighted by Gasteiger charge is -2.10. The number of thiophene rings is 2. The molecular weight excluding hydrogens is 280 g/mol. The van der Waals surface area contributed by atoms with Crippen molar-refractivity contribution in [2.75, 3.05) is 14.2 Å². The molecule has 0 aromatic carbocycles. The van der Waals surface area contributed by atoms with Gasteiger partial charge in [-0.3, -0.25) is 4.79 Å². The number of aryl methyl sites for hydroxylation is 1. The summed E-state index contributed by atoms with van der Waals surface area (Å²) in [7, 11) is 2.96. The molecule has 5 heteroatoms. The molecule has 0 unspecified atom stereocenters. The van der Waals surface area contributed by atoms with Crippen LogP contribution in [0.1, 0.15) is 11.3 Å². The van der Waals surface area contributed by atoms with Crippen molar-refractivity contribution in [3.05, 3.63) is 34.5 Å². The molecule has 2 aromatic rings. The molecule has 0 radical (unpaired) electrons. The fraction of sp³-hybridized carbons (Fsp3) is 0.357. The van der Waals surface area contributed by atoms with E-state index in [4.69, 9.17) is 9.47 Å². The molecule has 0 atom stereocenters. The van der Waals surface area contributed by atoms with Gasteiger partial charge in [0, 0.05) is 35.3 Å². The lowest BCUT2D eigenvalue weighted by Crippen LogP contribution is -2.24. The molecule has 19 heavy (non-hydrogen) atoms. The molecule has 2 rings (SSSR count). The number of Topliss-reactive ketones (excluding diaryl/α,β-unsaturated/α-hetero) is 1. The summed E-state index contributed by atoms with van der Waals surface area (Å²) in [6, 6.07) is 8.35. The van der Waals surface area contributed by atoms with Crippen molar-refractivity contribution in [1.82, 2.24) is 0 Å². The quantitative estimate of drug-likeness (QED) is 0.732. The zero-order chi connectivity index (χ0) is 13.7. The average Bonchev–Trinajstić information content (AvgIpc) is 3.08. The summed E-state index contributed by atoms with van der Waals surface area (Å²) in [6.07, 6.45) is 0.436. The zero-order valence-electron chi connectivity index (χ0n) is 10.9. The van der Waals surface area contributed by atoms with E-state index in [1.165, 1.54) is 28.9 Å². The van der Waals surface area contributed by atoms with Gasteiger partial charge in [-0.25, -0.2) is 0 Å². The van der Waals surface area contributed by atoms with Crippen molar-refractivity contribution >= 4 is 28.5 Å². The molecule has 0 N–H and O–H groups in total. The van der Waals surface area contributed by atoms with Gasteiger partial charge < -0.3 is 9.47 Å². The molecule has 0 saturated heterocycles. The van der Waals surface area contributed by atoms with Gasteiger partial charge in [0.2, 0.25) is 6.29 Å². The number of hydrogen-bond donors (Lipinski definition) is 0. The van der Waals surface area contributed by atoms with E-state index in [-0.39, 0.29) is 5.78 Å². The third-order valence-electron chi connectivity index (χ3n) is 2.73. The predicted molar refractivity (Wildman–Crippen MR) is 78.8 cm³/mol. The van der Waals surface area contributed by atoms with Crippen LogP contribution in [-0.4, -0.2) is 26.3 Å². The normalized spacial score (nSPS) is 11.1. The van der Waals surface area contributed by atoms with Crippen LogP contribution in [0.4, 0.5) is 0 Å². The summed E-state index contributed by atoms with van der Waals surface area (Å²) >= 11 is 3.47. The maximum absolute atomic E-state index is 11.8. The highest BCUT2D eigenvalue weighted by Gasteiger charge is 2.16. The molecule has 0 aliphatic heterocycles. The van der Waals surface area contributed by atoms with Crippen LogP contribution in [-0.2, 0) is 20.7 Å². The summed E-state index contributed by atoms with van der Waals surface area (Å²) in [5.74, 6) is -0.0175. The Balaban J connectivity index is 1.92. The SMILES string of the molecule is COC(OC)C(=O)CCc1ccc(-c2cccs2)s1. The lowest BCUT2D eigenvalue weighted by molar-refractivity contribution is -0.156. The topological polar surface area (TPSA) is 35.5 Å². The highest BCUT2D eigenvalue weighted by Crippen LogP contribution is 2.31. The molecule has 0 spiro atoms. The van der Waals surface area contributed by atoms with Crippen molar-refractivity contribution in [3.63, 3.8) is 0 Å². The van der Waals surface area contributed by atoms with Crippen LogP contribution in [0.3, 0.4) is 0 Å². The summed E-state index contributed by atoms with van der Waals surface area (Å²) < 4.78 is 9.89. The Morgan fingerprint density at radius 3 is 2.63 bits per heavy atom. The first kappa shape index (κ1) is 14.4. The number of methoxy groups -OCH3 is 2. The number of rotatable bonds is 7. The summed E-state index contributed by atoms with van der Waals surface area (Å²) in [5, 5.41) is 2.07. The molecule has 0 bridgehead atoms. The first-order valence-electron chi connectivity index (χ1n) is 5.95. The molecule has 0 aliphatic rings. The van der Waals surface area contributed by atoms with Gasteiger partial charge in [0.05, 0.1) is 0 Å². The largest absolute Gasteiger partial charge is 0.349 e. The predicted octanol–water partition coefficient (Wildman–Crippen LogP) is 3.60. The van der Waals surface area contributed by atoms with Crippen LogP contribution in [0.2, 0.25) is 0 Å². The first-order chi connectivity index (χ1) is 9.24. The van der Waals surface area contributed by atoms with Gasteiger partial charge in [-0.1, -0.05) is 6.07 Å². The number of carbonyl (C=O) groups excluding carboxylic acids is 1. The summed E-state index contributed by atoms with van der Waals surface area (Å²) in [6.45, 7) is 0. The van der Waals surface area contributed by atoms with E-state index in [0.29, 0.717) is 6.42 Å². The monoisotopic (exact) mass is 296 g/mol. The Labute approximate surface area is 120 Å². The highest BCUT2D eigenvalue weighted by atomic mass is 32.1. The van der Waals surface area contributed by atoms with Gasteiger partial charge in [-0.05, 0) is 30.0 Å². The van der Waals surface area contributed by atoms with Crippen LogP contribution in [0.15, 0.2) is 29.6 Å². The minimum absolute atomic E-state index is 0.0175. The minimum atomic E-state index is -0.739. The lowest BCUT2D eigenvalue weighted by atomic mass is 10.2. The van der Waals surface area contributed by atoms with Crippen molar-refractivity contribution in [2.45, 2.75) is 19.1 Å². The van der Waals surface area contributed by atoms with E-state index in [9.17, 15) is 4.79 Å². The molecule has 0 aliphatic carbocycles. The third-order valence-corrected chi connectivity index (χ3v) is 4.95. The van der Waals surface area contributed by atoms with Crippen LogP contribution >= 0.6 is 22.7 Å². The average molecular weight is 296 g/mol. The van der Waals surface area contributed by atoms with E-state index >= 15 is 0 Å². The van der Waals surface area contributed by atoms with Crippen LogP contribution < -0.4 is 0 Å². The van der Waals surface area contributed by atoms with Crippen molar-refractivity contribution in [3.8, 4) is 9.75 Å². The third kappa shape index (κ3) is 3.73. The number of hydrogen-bond acceptors (Lipinski definition) is 5. The molecular formula is C14H16O3S2. The van der Waals surface area contributed by atoms with Gasteiger partial charge in [-0.2, -0.15) is 0 Å². The molecule has 2 heterocycles. The molecule has 0 fully saturated rings. The standard InChI is InChI=1S/C14H16O3S2/c1-16-14(17-2)11(15)7-5-10-6-8-13(19-10)12-4-3-9-18-12/h3-4,6,8-9,14H,5,7H2,1-2H3. The Bertz CT molecular complexity index is 513. The zero-order valence-corrected chi connectivity index (χ0v) is 12.6. The van der Waals surface area contributed by atoms with E-state index in [2.05, 4.69) is 23.6 Å². The Morgan fingerprint density at radius 2 is 2.00 bits per heavy atom. The molecule has 0 amide bonds. The number of ketones is 1. The number of carbonyl (C=O) groups is 1. The van der Waals surface area contributed by atoms with E-state index < -0.39 is 6.29 Å². The number of ether oxygens (including phenoxy) is 2. The first-order valence-corrected chi connectivity index (χ1v) is 7.65. The van der Waals surface area contributed by atoms with Gasteiger partial charge >= 0.3 is 0 Å². The van der Waals surface area contributed by atoms with E-state index in [1.54, 1.807) is 22.7 Å². The smallest absolute Gasteiger partial charge is 0.217 e. The van der Waals surface area contributed by atoms with Crippen LogP contribution in [0.5, 0.6) is 0 Å². The van der Waals surface area contributed by atoms with Crippen LogP contribution in [0.25, 0.3) is 9.75 Å². The minimum Gasteiger partial charge on any atom is -0.349 e. The van der Waals surface area contributed by atoms with E-state index in [0.717, 1.165) is 6.42 Å². The summed E-state index contributed by atoms with van der Waals surface area (Å²) in [4.78, 5) is 15.5. The molecule has 3 nitrogen and oxygen atoms in total. The molecule has 102 valence electrons. The van der Waals surface area contributed by atoms with Crippen LogP contribution in [0, 0.1) is 0 Å². The maximum atomic E-state index is 11.8. The fourth-order valence-electron chi connectivity index (χ4n) is 1.79. The second-order valence-electron chi connectivity index (χ2n) is 4.01. The highest BCUT2D eigenvalue weighted by molar-refractivity contribution is 7.21. The van der Waals surface area contributed by atoms with Gasteiger partial charge in [0.25, 0.3) is 0 Å². The van der Waals surface area contributed by atoms with E-state index in [1.807, 2.05) is 6.07 Å². The fourth-order valence-corrected chi connectivity index (χ4v) is 3.63. The Morgan fingerprint density at radius 1 is 1.21 bits per heavy atom. The Kier molecular flexibility index (Phi) is 5.27. The maximum Gasteiger partial charge on any atom is 0.217 e. The molecule has 0 saturated carbocycles. The van der Waals surface area contributed by atoms with Gasteiger partial charge in [0.15, 0.2) is 5.78 Å².